The molecule has 1 rings (SSSR count). The van der Waals surface area contributed by atoms with Gasteiger partial charge in [0.05, 0.1) is 17.2 Å². The topological polar surface area (TPSA) is 95.7 Å². The van der Waals surface area contributed by atoms with Gasteiger partial charge in [-0.1, -0.05) is 11.6 Å². The predicted octanol–water partition coefficient (Wildman–Crippen LogP) is 1.32. The van der Waals surface area contributed by atoms with Crippen molar-refractivity contribution >= 4 is 27.6 Å². The van der Waals surface area contributed by atoms with Crippen LogP contribution in [0.3, 0.4) is 0 Å². The molecule has 0 aliphatic rings. The zero-order valence-corrected chi connectivity index (χ0v) is 12.1. The van der Waals surface area contributed by atoms with E-state index in [0.29, 0.717) is 19.1 Å². The first-order valence-electron chi connectivity index (χ1n) is 5.45. The van der Waals surface area contributed by atoms with Crippen LogP contribution in [0.4, 0.5) is 4.39 Å². The van der Waals surface area contributed by atoms with Crippen LogP contribution in [0.1, 0.15) is 16.8 Å². The molecular weight excluding hydrogens is 313 g/mol. The second-order valence-electron chi connectivity index (χ2n) is 3.79. The molecule has 0 fully saturated rings. The monoisotopic (exact) mass is 325 g/mol. The highest BCUT2D eigenvalue weighted by Gasteiger charge is 2.21. The molecule has 0 atom stereocenters. The standard InChI is InChI=1S/C11H13ClFNO5S/c1-18-3-2-4-19-11(15)7-5-10(20(14,16)17)9(13)6-8(7)12/h5-6H,2-4H2,1H3,(H2,14,16,17). The van der Waals surface area contributed by atoms with E-state index in [-0.39, 0.29) is 17.2 Å². The molecule has 112 valence electrons. The number of ether oxygens (including phenoxy) is 2. The summed E-state index contributed by atoms with van der Waals surface area (Å²) in [5.74, 6) is -2.00. The molecule has 0 aliphatic heterocycles. The molecule has 0 saturated heterocycles. The summed E-state index contributed by atoms with van der Waals surface area (Å²) in [7, 11) is -2.80. The molecule has 6 nitrogen and oxygen atoms in total. The van der Waals surface area contributed by atoms with Crippen molar-refractivity contribution in [2.24, 2.45) is 5.14 Å². The van der Waals surface area contributed by atoms with E-state index in [2.05, 4.69) is 0 Å². The fraction of sp³-hybridized carbons (Fsp3) is 0.364. The number of esters is 1. The highest BCUT2D eigenvalue weighted by Crippen LogP contribution is 2.24. The number of carbonyl (C=O) groups is 1. The van der Waals surface area contributed by atoms with Crippen LogP contribution in [0.5, 0.6) is 0 Å². The van der Waals surface area contributed by atoms with E-state index < -0.39 is 26.7 Å². The number of hydrogen-bond acceptors (Lipinski definition) is 5. The average Bonchev–Trinajstić information content (AvgIpc) is 2.32. The Labute approximate surface area is 120 Å². The summed E-state index contributed by atoms with van der Waals surface area (Å²) in [5, 5.41) is 4.58. The second-order valence-corrected chi connectivity index (χ2v) is 5.73. The molecule has 0 amide bonds. The van der Waals surface area contributed by atoms with Gasteiger partial charge in [-0.25, -0.2) is 22.7 Å². The van der Waals surface area contributed by atoms with Gasteiger partial charge in [0, 0.05) is 20.1 Å². The molecule has 0 heterocycles. The third kappa shape index (κ3) is 4.41. The summed E-state index contributed by atoms with van der Waals surface area (Å²) in [6.45, 7) is 0.456. The molecule has 20 heavy (non-hydrogen) atoms. The number of hydrogen-bond donors (Lipinski definition) is 1. The number of sulfonamides is 1. The van der Waals surface area contributed by atoms with E-state index in [4.69, 9.17) is 26.2 Å². The Hall–Kier alpha value is -1.22. The normalized spacial score (nSPS) is 11.4. The Kier molecular flexibility index (Phi) is 5.88. The smallest absolute Gasteiger partial charge is 0.339 e. The summed E-state index contributed by atoms with van der Waals surface area (Å²) in [5.41, 5.74) is -0.269. The van der Waals surface area contributed by atoms with Crippen molar-refractivity contribution in [3.63, 3.8) is 0 Å². The number of benzene rings is 1. The highest BCUT2D eigenvalue weighted by atomic mass is 35.5. The van der Waals surface area contributed by atoms with Gasteiger partial charge in [0.25, 0.3) is 0 Å². The van der Waals surface area contributed by atoms with E-state index in [1.54, 1.807) is 0 Å². The molecule has 0 radical (unpaired) electrons. The fourth-order valence-corrected chi connectivity index (χ4v) is 2.19. The van der Waals surface area contributed by atoms with Crippen molar-refractivity contribution in [2.45, 2.75) is 11.3 Å². The molecule has 0 saturated carbocycles. The average molecular weight is 326 g/mol. The van der Waals surface area contributed by atoms with Crippen LogP contribution in [-0.4, -0.2) is 34.7 Å². The van der Waals surface area contributed by atoms with Gasteiger partial charge in [0.15, 0.2) is 0 Å². The zero-order valence-electron chi connectivity index (χ0n) is 10.6. The van der Waals surface area contributed by atoms with Crippen molar-refractivity contribution in [3.05, 3.63) is 28.5 Å². The van der Waals surface area contributed by atoms with Crippen molar-refractivity contribution in [1.82, 2.24) is 0 Å². The third-order valence-corrected chi connectivity index (χ3v) is 3.51. The molecule has 0 aromatic heterocycles. The number of halogens is 2. The van der Waals surface area contributed by atoms with Gasteiger partial charge in [-0.15, -0.1) is 0 Å². The van der Waals surface area contributed by atoms with Crippen LogP contribution in [0.25, 0.3) is 0 Å². The van der Waals surface area contributed by atoms with Crippen LogP contribution in [0.15, 0.2) is 17.0 Å². The molecule has 2 N–H and O–H groups in total. The molecule has 0 unspecified atom stereocenters. The molecule has 0 spiro atoms. The van der Waals surface area contributed by atoms with Crippen LogP contribution in [-0.2, 0) is 19.5 Å². The summed E-state index contributed by atoms with van der Waals surface area (Å²) < 4.78 is 45.4. The lowest BCUT2D eigenvalue weighted by atomic mass is 10.2. The van der Waals surface area contributed by atoms with Crippen LogP contribution in [0, 0.1) is 5.82 Å². The minimum Gasteiger partial charge on any atom is -0.462 e. The largest absolute Gasteiger partial charge is 0.462 e. The zero-order chi connectivity index (χ0) is 15.3. The molecular formula is C11H13ClFNO5S. The Morgan fingerprint density at radius 3 is 2.60 bits per heavy atom. The lowest BCUT2D eigenvalue weighted by molar-refractivity contribution is 0.0468. The maximum atomic E-state index is 13.4. The van der Waals surface area contributed by atoms with E-state index >= 15 is 0 Å². The number of nitrogens with two attached hydrogens (primary N) is 1. The Balaban J connectivity index is 2.98. The van der Waals surface area contributed by atoms with Crippen LogP contribution < -0.4 is 5.14 Å². The van der Waals surface area contributed by atoms with Gasteiger partial charge in [0.2, 0.25) is 10.0 Å². The van der Waals surface area contributed by atoms with Crippen LogP contribution in [0.2, 0.25) is 5.02 Å². The SMILES string of the molecule is COCCCOC(=O)c1cc(S(N)(=O)=O)c(F)cc1Cl. The second kappa shape index (κ2) is 6.98. The van der Waals surface area contributed by atoms with Crippen molar-refractivity contribution in [1.29, 1.82) is 0 Å². The Morgan fingerprint density at radius 1 is 1.40 bits per heavy atom. The highest BCUT2D eigenvalue weighted by molar-refractivity contribution is 7.89. The maximum absolute atomic E-state index is 13.4. The summed E-state index contributed by atoms with van der Waals surface area (Å²) >= 11 is 5.69. The summed E-state index contributed by atoms with van der Waals surface area (Å²) in [4.78, 5) is 10.9. The number of methoxy groups -OCH3 is 1. The minimum absolute atomic E-state index is 0.0606. The first-order valence-corrected chi connectivity index (χ1v) is 7.37. The van der Waals surface area contributed by atoms with Gasteiger partial charge in [-0.2, -0.15) is 0 Å². The summed E-state index contributed by atoms with van der Waals surface area (Å²) in [6, 6.07) is 1.46. The lowest BCUT2D eigenvalue weighted by Crippen LogP contribution is -2.16. The van der Waals surface area contributed by atoms with E-state index in [0.717, 1.165) is 6.07 Å². The Bertz CT molecular complexity index is 605. The van der Waals surface area contributed by atoms with Crippen molar-refractivity contribution < 1.29 is 27.1 Å². The predicted molar refractivity (Wildman–Crippen MR) is 69.6 cm³/mol. The van der Waals surface area contributed by atoms with Gasteiger partial charge < -0.3 is 9.47 Å². The molecule has 9 heteroatoms. The quantitative estimate of drug-likeness (QED) is 0.628. The van der Waals surface area contributed by atoms with Crippen molar-refractivity contribution in [3.8, 4) is 0 Å². The number of primary sulfonamides is 1. The van der Waals surface area contributed by atoms with Gasteiger partial charge in [0.1, 0.15) is 10.7 Å². The van der Waals surface area contributed by atoms with Gasteiger partial charge >= 0.3 is 5.97 Å². The lowest BCUT2D eigenvalue weighted by Gasteiger charge is -2.08. The maximum Gasteiger partial charge on any atom is 0.339 e. The van der Waals surface area contributed by atoms with Crippen LogP contribution >= 0.6 is 11.6 Å². The molecule has 0 bridgehead atoms. The van der Waals surface area contributed by atoms with E-state index in [1.165, 1.54) is 7.11 Å². The number of rotatable bonds is 6. The van der Waals surface area contributed by atoms with Crippen molar-refractivity contribution in [2.75, 3.05) is 20.3 Å². The minimum atomic E-state index is -4.30. The molecule has 0 aliphatic carbocycles. The summed E-state index contributed by atoms with van der Waals surface area (Å²) in [6.07, 6.45) is 0.461. The first-order chi connectivity index (χ1) is 9.27. The number of carbonyl (C=O) groups excluding carboxylic acids is 1. The molecule has 1 aromatic carbocycles. The fourth-order valence-electron chi connectivity index (χ4n) is 1.35. The first kappa shape index (κ1) is 16.8. The van der Waals surface area contributed by atoms with E-state index in [1.807, 2.05) is 0 Å². The van der Waals surface area contributed by atoms with E-state index in [9.17, 15) is 17.6 Å². The third-order valence-electron chi connectivity index (χ3n) is 2.27. The molecule has 1 aromatic rings. The van der Waals surface area contributed by atoms with Gasteiger partial charge in [-0.3, -0.25) is 0 Å². The van der Waals surface area contributed by atoms with Gasteiger partial charge in [-0.05, 0) is 12.1 Å². The Morgan fingerprint density at radius 2 is 2.05 bits per heavy atom.